The van der Waals surface area contributed by atoms with E-state index >= 15 is 0 Å². The lowest BCUT2D eigenvalue weighted by molar-refractivity contribution is -0.0546. The molecule has 4 nitrogen and oxygen atoms in total. The van der Waals surface area contributed by atoms with Crippen molar-refractivity contribution in [2.24, 2.45) is 0 Å². The molecule has 0 aliphatic carbocycles. The van der Waals surface area contributed by atoms with E-state index in [-0.39, 0.29) is 24.3 Å². The number of hydrogen-bond acceptors (Lipinski definition) is 2. The highest BCUT2D eigenvalue weighted by Crippen LogP contribution is 2.10. The summed E-state index contributed by atoms with van der Waals surface area (Å²) in [6.07, 6.45) is 0.272. The van der Waals surface area contributed by atoms with Crippen LogP contribution in [0.15, 0.2) is 0 Å². The van der Waals surface area contributed by atoms with E-state index in [0.29, 0.717) is 13.1 Å². The van der Waals surface area contributed by atoms with Gasteiger partial charge in [0.25, 0.3) is 0 Å². The van der Waals surface area contributed by atoms with Gasteiger partial charge in [0.05, 0.1) is 12.2 Å². The highest BCUT2D eigenvalue weighted by molar-refractivity contribution is 5.74. The molecule has 1 saturated heterocycles. The lowest BCUT2D eigenvalue weighted by Crippen LogP contribution is -2.52. The summed E-state index contributed by atoms with van der Waals surface area (Å²) in [6.45, 7) is 9.28. The monoisotopic (exact) mass is 200 g/mol. The summed E-state index contributed by atoms with van der Waals surface area (Å²) in [5.41, 5.74) is 0. The molecule has 1 aliphatic heterocycles. The smallest absolute Gasteiger partial charge is 0.317 e. The fraction of sp³-hybridized carbons (Fsp3) is 0.900. The van der Waals surface area contributed by atoms with Crippen LogP contribution >= 0.6 is 0 Å². The number of rotatable bonds is 1. The summed E-state index contributed by atoms with van der Waals surface area (Å²) in [6, 6.07) is 0.206. The van der Waals surface area contributed by atoms with Crippen LogP contribution in [0.3, 0.4) is 0 Å². The molecule has 0 aromatic rings. The van der Waals surface area contributed by atoms with Crippen LogP contribution in [0.4, 0.5) is 4.79 Å². The van der Waals surface area contributed by atoms with Crippen molar-refractivity contribution in [3.05, 3.63) is 0 Å². The average Bonchev–Trinajstić information content (AvgIpc) is 2.00. The number of ether oxygens (including phenoxy) is 1. The maximum absolute atomic E-state index is 11.7. The van der Waals surface area contributed by atoms with Crippen molar-refractivity contribution in [1.82, 2.24) is 10.2 Å². The first-order chi connectivity index (χ1) is 6.49. The Kier molecular flexibility index (Phi) is 3.75. The predicted octanol–water partition coefficient (Wildman–Crippen LogP) is 1.21. The first-order valence-electron chi connectivity index (χ1n) is 5.20. The van der Waals surface area contributed by atoms with Crippen LogP contribution in [0.1, 0.15) is 27.7 Å². The van der Waals surface area contributed by atoms with E-state index in [2.05, 4.69) is 5.32 Å². The number of morpholine rings is 1. The van der Waals surface area contributed by atoms with E-state index in [9.17, 15) is 4.79 Å². The van der Waals surface area contributed by atoms with Crippen molar-refractivity contribution >= 4 is 6.03 Å². The molecule has 2 unspecified atom stereocenters. The van der Waals surface area contributed by atoms with Crippen molar-refractivity contribution < 1.29 is 9.53 Å². The molecule has 4 heteroatoms. The number of nitrogens with zero attached hydrogens (tertiary/aromatic N) is 1. The Labute approximate surface area is 85.6 Å². The van der Waals surface area contributed by atoms with Crippen LogP contribution in [0.25, 0.3) is 0 Å². The standard InChI is InChI=1S/C10H20N2O2/c1-7(2)11-10(13)12-5-8(3)14-9(4)6-12/h7-9H,5-6H2,1-4H3,(H,11,13). The van der Waals surface area contributed by atoms with E-state index in [4.69, 9.17) is 4.74 Å². The van der Waals surface area contributed by atoms with Gasteiger partial charge in [-0.1, -0.05) is 0 Å². The molecule has 2 amide bonds. The Morgan fingerprint density at radius 1 is 1.36 bits per heavy atom. The van der Waals surface area contributed by atoms with Crippen molar-refractivity contribution in [1.29, 1.82) is 0 Å². The van der Waals surface area contributed by atoms with Crippen molar-refractivity contribution in [3.63, 3.8) is 0 Å². The molecule has 0 bridgehead atoms. The Morgan fingerprint density at radius 3 is 2.29 bits per heavy atom. The average molecular weight is 200 g/mol. The van der Waals surface area contributed by atoms with Gasteiger partial charge in [0.15, 0.2) is 0 Å². The van der Waals surface area contributed by atoms with E-state index in [0.717, 1.165) is 0 Å². The van der Waals surface area contributed by atoms with Crippen molar-refractivity contribution in [2.45, 2.75) is 45.9 Å². The van der Waals surface area contributed by atoms with Gasteiger partial charge in [-0.15, -0.1) is 0 Å². The maximum atomic E-state index is 11.7. The van der Waals surface area contributed by atoms with Crippen LogP contribution in [0, 0.1) is 0 Å². The minimum atomic E-state index is 0.0157. The highest BCUT2D eigenvalue weighted by atomic mass is 16.5. The molecular weight excluding hydrogens is 180 g/mol. The van der Waals surface area contributed by atoms with E-state index in [1.54, 1.807) is 0 Å². The van der Waals surface area contributed by atoms with Gasteiger partial charge in [-0.05, 0) is 27.7 Å². The molecule has 1 rings (SSSR count). The largest absolute Gasteiger partial charge is 0.372 e. The minimum Gasteiger partial charge on any atom is -0.372 e. The second-order valence-corrected chi connectivity index (χ2v) is 4.27. The van der Waals surface area contributed by atoms with Crippen LogP contribution in [0.2, 0.25) is 0 Å². The number of hydrogen-bond donors (Lipinski definition) is 1. The molecule has 1 aliphatic rings. The van der Waals surface area contributed by atoms with Gasteiger partial charge in [0.2, 0.25) is 0 Å². The zero-order valence-electron chi connectivity index (χ0n) is 9.41. The number of carbonyl (C=O) groups is 1. The Morgan fingerprint density at radius 2 is 1.86 bits per heavy atom. The summed E-state index contributed by atoms with van der Waals surface area (Å²) in [4.78, 5) is 13.5. The number of amides is 2. The molecule has 0 spiro atoms. The summed E-state index contributed by atoms with van der Waals surface area (Å²) in [5.74, 6) is 0. The predicted molar refractivity (Wildman–Crippen MR) is 55.2 cm³/mol. The van der Waals surface area contributed by atoms with Crippen LogP contribution in [-0.4, -0.2) is 42.3 Å². The van der Waals surface area contributed by atoms with Gasteiger partial charge >= 0.3 is 6.03 Å². The van der Waals surface area contributed by atoms with Gasteiger partial charge in [0, 0.05) is 19.1 Å². The fourth-order valence-corrected chi connectivity index (χ4v) is 1.68. The quantitative estimate of drug-likeness (QED) is 0.691. The van der Waals surface area contributed by atoms with E-state index in [1.807, 2.05) is 32.6 Å². The number of carbonyl (C=O) groups excluding carboxylic acids is 1. The maximum Gasteiger partial charge on any atom is 0.317 e. The number of nitrogens with one attached hydrogen (secondary N) is 1. The molecule has 1 heterocycles. The first kappa shape index (κ1) is 11.3. The third kappa shape index (κ3) is 3.18. The SMILES string of the molecule is CC(C)NC(=O)N1CC(C)OC(C)C1. The van der Waals surface area contributed by atoms with Gasteiger partial charge in [-0.2, -0.15) is 0 Å². The third-order valence-electron chi connectivity index (χ3n) is 2.12. The molecule has 0 aromatic carbocycles. The Hall–Kier alpha value is -0.770. The molecular formula is C10H20N2O2. The molecule has 1 fully saturated rings. The fourth-order valence-electron chi connectivity index (χ4n) is 1.68. The molecule has 14 heavy (non-hydrogen) atoms. The summed E-state index contributed by atoms with van der Waals surface area (Å²) < 4.78 is 5.55. The van der Waals surface area contributed by atoms with E-state index < -0.39 is 0 Å². The van der Waals surface area contributed by atoms with Gasteiger partial charge < -0.3 is 15.0 Å². The lowest BCUT2D eigenvalue weighted by Gasteiger charge is -2.35. The molecule has 1 N–H and O–H groups in total. The Bertz CT molecular complexity index is 196. The van der Waals surface area contributed by atoms with E-state index in [1.165, 1.54) is 0 Å². The molecule has 2 atom stereocenters. The zero-order valence-corrected chi connectivity index (χ0v) is 9.41. The van der Waals surface area contributed by atoms with Crippen LogP contribution in [-0.2, 0) is 4.74 Å². The number of urea groups is 1. The first-order valence-corrected chi connectivity index (χ1v) is 5.20. The van der Waals surface area contributed by atoms with Crippen molar-refractivity contribution in [2.75, 3.05) is 13.1 Å². The zero-order chi connectivity index (χ0) is 10.7. The molecule has 0 saturated carbocycles. The van der Waals surface area contributed by atoms with Crippen molar-refractivity contribution in [3.8, 4) is 0 Å². The summed E-state index contributed by atoms with van der Waals surface area (Å²) >= 11 is 0. The summed E-state index contributed by atoms with van der Waals surface area (Å²) in [7, 11) is 0. The van der Waals surface area contributed by atoms with Gasteiger partial charge in [0.1, 0.15) is 0 Å². The van der Waals surface area contributed by atoms with Crippen LogP contribution < -0.4 is 5.32 Å². The molecule has 0 radical (unpaired) electrons. The van der Waals surface area contributed by atoms with Crippen LogP contribution in [0.5, 0.6) is 0 Å². The minimum absolute atomic E-state index is 0.0157. The lowest BCUT2D eigenvalue weighted by atomic mass is 10.2. The topological polar surface area (TPSA) is 41.6 Å². The molecule has 82 valence electrons. The summed E-state index contributed by atoms with van der Waals surface area (Å²) in [5, 5.41) is 2.88. The second kappa shape index (κ2) is 4.64. The van der Waals surface area contributed by atoms with Gasteiger partial charge in [-0.25, -0.2) is 4.79 Å². The third-order valence-corrected chi connectivity index (χ3v) is 2.12. The van der Waals surface area contributed by atoms with Gasteiger partial charge in [-0.3, -0.25) is 0 Å². The Balaban J connectivity index is 2.46. The highest BCUT2D eigenvalue weighted by Gasteiger charge is 2.25. The molecule has 0 aromatic heterocycles. The normalized spacial score (nSPS) is 27.9. The second-order valence-electron chi connectivity index (χ2n) is 4.27.